The van der Waals surface area contributed by atoms with E-state index in [9.17, 15) is 4.39 Å². The van der Waals surface area contributed by atoms with Gasteiger partial charge in [0.15, 0.2) is 11.6 Å². The molecule has 0 aliphatic carbocycles. The number of nitrogens with zero attached hydrogens (tertiary/aromatic N) is 3. The molecule has 2 aromatic rings. The molecule has 0 aliphatic rings. The predicted molar refractivity (Wildman–Crippen MR) is 46.1 cm³/mol. The number of nitrogens with one attached hydrogen (secondary N) is 1. The SMILES string of the molecule is COc1cc(-c2nn[nH]n2)ccc1F. The lowest BCUT2D eigenvalue weighted by Crippen LogP contribution is -1.89. The maximum Gasteiger partial charge on any atom is 0.204 e. The molecule has 0 radical (unpaired) electrons. The van der Waals surface area contributed by atoms with E-state index in [2.05, 4.69) is 20.6 Å². The monoisotopic (exact) mass is 194 g/mol. The molecule has 0 aliphatic heterocycles. The number of ether oxygens (including phenoxy) is 1. The normalized spacial score (nSPS) is 10.1. The summed E-state index contributed by atoms with van der Waals surface area (Å²) in [7, 11) is 1.40. The van der Waals surface area contributed by atoms with Crippen LogP contribution in [0.1, 0.15) is 0 Å². The van der Waals surface area contributed by atoms with Crippen LogP contribution in [0.2, 0.25) is 0 Å². The average molecular weight is 194 g/mol. The summed E-state index contributed by atoms with van der Waals surface area (Å²) in [5.41, 5.74) is 0.650. The molecule has 1 N–H and O–H groups in total. The Hall–Kier alpha value is -1.98. The van der Waals surface area contributed by atoms with Gasteiger partial charge < -0.3 is 4.74 Å². The zero-order valence-electron chi connectivity index (χ0n) is 7.36. The molecular weight excluding hydrogens is 187 g/mol. The van der Waals surface area contributed by atoms with Crippen molar-refractivity contribution >= 4 is 0 Å². The van der Waals surface area contributed by atoms with Crippen molar-refractivity contribution in [2.24, 2.45) is 0 Å². The lowest BCUT2D eigenvalue weighted by Gasteiger charge is -2.02. The summed E-state index contributed by atoms with van der Waals surface area (Å²) in [5.74, 6) is 0.148. The van der Waals surface area contributed by atoms with E-state index in [1.165, 1.54) is 19.2 Å². The summed E-state index contributed by atoms with van der Waals surface area (Å²) in [6.07, 6.45) is 0. The Morgan fingerprint density at radius 3 is 2.93 bits per heavy atom. The second-order valence-electron chi connectivity index (χ2n) is 2.58. The van der Waals surface area contributed by atoms with Crippen LogP contribution < -0.4 is 4.74 Å². The van der Waals surface area contributed by atoms with Gasteiger partial charge in [-0.2, -0.15) is 5.21 Å². The molecule has 1 aromatic carbocycles. The zero-order chi connectivity index (χ0) is 9.97. The van der Waals surface area contributed by atoms with Crippen LogP contribution in [-0.2, 0) is 0 Å². The van der Waals surface area contributed by atoms with Crippen LogP contribution in [0, 0.1) is 5.82 Å². The fraction of sp³-hybridized carbons (Fsp3) is 0.125. The van der Waals surface area contributed by atoms with Crippen LogP contribution in [0.3, 0.4) is 0 Å². The number of benzene rings is 1. The van der Waals surface area contributed by atoms with Gasteiger partial charge in [0.05, 0.1) is 7.11 Å². The number of methoxy groups -OCH3 is 1. The van der Waals surface area contributed by atoms with E-state index in [0.29, 0.717) is 11.4 Å². The Bertz CT molecular complexity index is 429. The van der Waals surface area contributed by atoms with E-state index in [1.807, 2.05) is 0 Å². The highest BCUT2D eigenvalue weighted by Gasteiger charge is 2.07. The highest BCUT2D eigenvalue weighted by atomic mass is 19.1. The molecule has 1 heterocycles. The Labute approximate surface area is 78.9 Å². The minimum Gasteiger partial charge on any atom is -0.494 e. The minimum absolute atomic E-state index is 0.160. The van der Waals surface area contributed by atoms with Gasteiger partial charge in [0, 0.05) is 5.56 Å². The van der Waals surface area contributed by atoms with Crippen LogP contribution in [0.15, 0.2) is 18.2 Å². The van der Waals surface area contributed by atoms with Crippen molar-refractivity contribution in [1.82, 2.24) is 20.6 Å². The maximum atomic E-state index is 13.0. The number of aromatic nitrogens is 4. The molecule has 0 saturated carbocycles. The van der Waals surface area contributed by atoms with Crippen LogP contribution in [0.4, 0.5) is 4.39 Å². The standard InChI is InChI=1S/C8H7FN4O/c1-14-7-4-5(2-3-6(7)9)8-10-12-13-11-8/h2-4H,1H3,(H,10,11,12,13). The Morgan fingerprint density at radius 1 is 1.43 bits per heavy atom. The number of H-pyrrole nitrogens is 1. The number of tetrazole rings is 1. The Morgan fingerprint density at radius 2 is 2.29 bits per heavy atom. The highest BCUT2D eigenvalue weighted by Crippen LogP contribution is 2.23. The average Bonchev–Trinajstić information content (AvgIpc) is 2.71. The van der Waals surface area contributed by atoms with Crippen molar-refractivity contribution in [2.75, 3.05) is 7.11 Å². The summed E-state index contributed by atoms with van der Waals surface area (Å²) in [5, 5.41) is 13.3. The first-order valence-electron chi connectivity index (χ1n) is 3.88. The molecule has 5 nitrogen and oxygen atoms in total. The first-order chi connectivity index (χ1) is 6.81. The van der Waals surface area contributed by atoms with Crippen LogP contribution >= 0.6 is 0 Å². The van der Waals surface area contributed by atoms with Crippen molar-refractivity contribution in [3.8, 4) is 17.1 Å². The fourth-order valence-electron chi connectivity index (χ4n) is 1.08. The number of hydrogen-bond donors (Lipinski definition) is 1. The van der Waals surface area contributed by atoms with E-state index in [0.717, 1.165) is 0 Å². The van der Waals surface area contributed by atoms with Gasteiger partial charge in [0.2, 0.25) is 5.82 Å². The Balaban J connectivity index is 2.46. The molecular formula is C8H7FN4O. The van der Waals surface area contributed by atoms with Gasteiger partial charge in [-0.25, -0.2) is 4.39 Å². The third-order valence-corrected chi connectivity index (χ3v) is 1.75. The lowest BCUT2D eigenvalue weighted by molar-refractivity contribution is 0.387. The van der Waals surface area contributed by atoms with Crippen LogP contribution in [-0.4, -0.2) is 27.7 Å². The number of hydrogen-bond acceptors (Lipinski definition) is 4. The van der Waals surface area contributed by atoms with Gasteiger partial charge in [-0.15, -0.1) is 10.2 Å². The van der Waals surface area contributed by atoms with Gasteiger partial charge in [-0.1, -0.05) is 0 Å². The largest absolute Gasteiger partial charge is 0.494 e. The van der Waals surface area contributed by atoms with E-state index >= 15 is 0 Å². The van der Waals surface area contributed by atoms with E-state index in [1.54, 1.807) is 6.07 Å². The van der Waals surface area contributed by atoms with Crippen molar-refractivity contribution in [1.29, 1.82) is 0 Å². The van der Waals surface area contributed by atoms with Crippen molar-refractivity contribution in [3.63, 3.8) is 0 Å². The third kappa shape index (κ3) is 1.41. The van der Waals surface area contributed by atoms with Crippen LogP contribution in [0.25, 0.3) is 11.4 Å². The van der Waals surface area contributed by atoms with Gasteiger partial charge >= 0.3 is 0 Å². The topological polar surface area (TPSA) is 63.7 Å². The molecule has 0 unspecified atom stereocenters. The summed E-state index contributed by atoms with van der Waals surface area (Å²) in [6, 6.07) is 4.37. The van der Waals surface area contributed by atoms with Crippen molar-refractivity contribution in [3.05, 3.63) is 24.0 Å². The quantitative estimate of drug-likeness (QED) is 0.775. The molecule has 0 atom stereocenters. The molecule has 2 rings (SSSR count). The zero-order valence-corrected chi connectivity index (χ0v) is 7.36. The summed E-state index contributed by atoms with van der Waals surface area (Å²) in [6.45, 7) is 0. The Kier molecular flexibility index (Phi) is 2.10. The van der Waals surface area contributed by atoms with Gasteiger partial charge in [0.25, 0.3) is 0 Å². The second-order valence-corrected chi connectivity index (χ2v) is 2.58. The fourth-order valence-corrected chi connectivity index (χ4v) is 1.08. The molecule has 0 fully saturated rings. The summed E-state index contributed by atoms with van der Waals surface area (Å²) < 4.78 is 17.8. The van der Waals surface area contributed by atoms with Gasteiger partial charge in [0.1, 0.15) is 0 Å². The number of rotatable bonds is 2. The van der Waals surface area contributed by atoms with Gasteiger partial charge in [-0.05, 0) is 23.4 Å². The molecule has 0 bridgehead atoms. The van der Waals surface area contributed by atoms with Crippen molar-refractivity contribution < 1.29 is 9.13 Å². The smallest absolute Gasteiger partial charge is 0.204 e. The molecule has 14 heavy (non-hydrogen) atoms. The highest BCUT2D eigenvalue weighted by molar-refractivity contribution is 5.56. The molecule has 0 amide bonds. The molecule has 1 aromatic heterocycles. The molecule has 6 heteroatoms. The minimum atomic E-state index is -0.417. The number of aromatic amines is 1. The van der Waals surface area contributed by atoms with Crippen molar-refractivity contribution in [2.45, 2.75) is 0 Å². The first kappa shape index (κ1) is 8.61. The molecule has 0 saturated heterocycles. The number of halogens is 1. The maximum absolute atomic E-state index is 13.0. The second kappa shape index (κ2) is 3.41. The van der Waals surface area contributed by atoms with E-state index < -0.39 is 5.82 Å². The molecule has 0 spiro atoms. The lowest BCUT2D eigenvalue weighted by atomic mass is 10.2. The van der Waals surface area contributed by atoms with Crippen LogP contribution in [0.5, 0.6) is 5.75 Å². The van der Waals surface area contributed by atoms with E-state index in [-0.39, 0.29) is 5.75 Å². The van der Waals surface area contributed by atoms with E-state index in [4.69, 9.17) is 4.74 Å². The predicted octanol–water partition coefficient (Wildman–Crippen LogP) is 1.01. The third-order valence-electron chi connectivity index (χ3n) is 1.75. The van der Waals surface area contributed by atoms with Gasteiger partial charge in [-0.3, -0.25) is 0 Å². The first-order valence-corrected chi connectivity index (χ1v) is 3.88. The summed E-state index contributed by atoms with van der Waals surface area (Å²) in [4.78, 5) is 0. The molecule has 72 valence electrons. The summed E-state index contributed by atoms with van der Waals surface area (Å²) >= 11 is 0.